The molecule has 2 saturated carbocycles. The zero-order chi connectivity index (χ0) is 26.9. The Kier molecular flexibility index (Phi) is 7.86. The van der Waals surface area contributed by atoms with E-state index in [1.54, 1.807) is 17.0 Å². The van der Waals surface area contributed by atoms with E-state index in [1.807, 2.05) is 18.2 Å². The topological polar surface area (TPSA) is 136 Å². The van der Waals surface area contributed by atoms with Crippen LogP contribution in [-0.2, 0) is 24.8 Å². The van der Waals surface area contributed by atoms with E-state index < -0.39 is 47.8 Å². The van der Waals surface area contributed by atoms with E-state index in [4.69, 9.17) is 0 Å². The van der Waals surface area contributed by atoms with Crippen LogP contribution in [0, 0.1) is 17.8 Å². The van der Waals surface area contributed by atoms with Crippen LogP contribution in [0.5, 0.6) is 0 Å². The van der Waals surface area contributed by atoms with Gasteiger partial charge in [-0.2, -0.15) is 0 Å². The fourth-order valence-electron chi connectivity index (χ4n) is 7.34. The van der Waals surface area contributed by atoms with E-state index in [0.29, 0.717) is 18.5 Å². The van der Waals surface area contributed by atoms with Gasteiger partial charge in [0.15, 0.2) is 11.4 Å². The van der Waals surface area contributed by atoms with Crippen molar-refractivity contribution in [2.45, 2.75) is 87.9 Å². The number of carbonyl (C=O) groups is 4. The van der Waals surface area contributed by atoms with Gasteiger partial charge in [0.25, 0.3) is 5.91 Å². The molecule has 0 unspecified atom stereocenters. The van der Waals surface area contributed by atoms with Crippen LogP contribution in [0.1, 0.15) is 69.8 Å². The van der Waals surface area contributed by atoms with Gasteiger partial charge < -0.3 is 25.7 Å². The predicted octanol–water partition coefficient (Wildman–Crippen LogP) is 1.41. The van der Waals surface area contributed by atoms with E-state index in [1.165, 1.54) is 0 Å². The Morgan fingerprint density at radius 2 is 1.71 bits per heavy atom. The molecule has 38 heavy (non-hydrogen) atoms. The van der Waals surface area contributed by atoms with Gasteiger partial charge in [0.05, 0.1) is 6.04 Å². The monoisotopic (exact) mass is 525 g/mol. The van der Waals surface area contributed by atoms with Gasteiger partial charge >= 0.3 is 0 Å². The Balaban J connectivity index is 1.44. The first-order valence-corrected chi connectivity index (χ1v) is 14.2. The van der Waals surface area contributed by atoms with Gasteiger partial charge in [0.1, 0.15) is 12.6 Å². The van der Waals surface area contributed by atoms with E-state index in [-0.39, 0.29) is 30.2 Å². The van der Waals surface area contributed by atoms with Crippen LogP contribution in [0.4, 0.5) is 0 Å². The second-order valence-corrected chi connectivity index (χ2v) is 11.5. The summed E-state index contributed by atoms with van der Waals surface area (Å²) in [6, 6.07) is 7.09. The minimum atomic E-state index is -1.73. The van der Waals surface area contributed by atoms with Crippen molar-refractivity contribution in [3.8, 4) is 0 Å². The van der Waals surface area contributed by atoms with Gasteiger partial charge in [0.2, 0.25) is 11.8 Å². The Bertz CT molecular complexity index is 1050. The van der Waals surface area contributed by atoms with Gasteiger partial charge in [-0.1, -0.05) is 43.2 Å². The molecule has 4 atom stereocenters. The zero-order valence-electron chi connectivity index (χ0n) is 21.8. The number of aliphatic hydroxyl groups is 2. The molecule has 9 nitrogen and oxygen atoms in total. The summed E-state index contributed by atoms with van der Waals surface area (Å²) < 4.78 is 0. The quantitative estimate of drug-likeness (QED) is 0.385. The zero-order valence-corrected chi connectivity index (χ0v) is 21.8. The summed E-state index contributed by atoms with van der Waals surface area (Å²) in [7, 11) is 0. The largest absolute Gasteiger partial charge is 0.389 e. The molecule has 206 valence electrons. The Hall–Kier alpha value is -2.78. The number of ketones is 1. The van der Waals surface area contributed by atoms with Crippen molar-refractivity contribution in [3.05, 3.63) is 35.9 Å². The standard InChI is InChI=1S/C29H39N3O6/c33-17-24(34)23(16-19-14-15-30-26(19)35)31-27(36)25-18-10-12-22(13-11-18)32(25)28(37)29(38,21-8-4-5-9-21)20-6-2-1-3-7-20/h1-3,6-7,18-19,21-23,25,33,38H,4-5,8-17H2,(H,30,35)(H,31,36)/t18?,19-,22?,23-,25-,29+/m1/s1. The van der Waals surface area contributed by atoms with E-state index >= 15 is 0 Å². The molecule has 1 aromatic rings. The van der Waals surface area contributed by atoms with Gasteiger partial charge in [-0.25, -0.2) is 0 Å². The van der Waals surface area contributed by atoms with Gasteiger partial charge in [0, 0.05) is 24.4 Å². The first-order valence-electron chi connectivity index (χ1n) is 14.2. The molecule has 2 aliphatic carbocycles. The van der Waals surface area contributed by atoms with Crippen LogP contribution in [0.15, 0.2) is 30.3 Å². The molecular weight excluding hydrogens is 486 g/mol. The highest BCUT2D eigenvalue weighted by molar-refractivity contribution is 5.96. The highest BCUT2D eigenvalue weighted by Gasteiger charge is 2.55. The summed E-state index contributed by atoms with van der Waals surface area (Å²) in [5, 5.41) is 27.3. The molecule has 1 aromatic carbocycles. The molecule has 4 N–H and O–H groups in total. The molecule has 5 fully saturated rings. The molecule has 3 amide bonds. The number of hydrogen-bond donors (Lipinski definition) is 4. The Morgan fingerprint density at radius 1 is 1.03 bits per heavy atom. The molecule has 6 rings (SSSR count). The number of fused-ring (bicyclic) bond motifs is 3. The summed E-state index contributed by atoms with van der Waals surface area (Å²) >= 11 is 0. The highest BCUT2D eigenvalue weighted by Crippen LogP contribution is 2.46. The van der Waals surface area contributed by atoms with Crippen molar-refractivity contribution in [2.24, 2.45) is 17.8 Å². The number of hydrogen-bond acceptors (Lipinski definition) is 6. The molecule has 0 spiro atoms. The molecule has 3 heterocycles. The number of amides is 3. The summed E-state index contributed by atoms with van der Waals surface area (Å²) in [6.07, 6.45) is 7.20. The Labute approximate surface area is 223 Å². The third-order valence-corrected chi connectivity index (χ3v) is 9.41. The molecule has 3 saturated heterocycles. The maximum atomic E-state index is 14.4. The predicted molar refractivity (Wildman–Crippen MR) is 138 cm³/mol. The molecule has 2 bridgehead atoms. The van der Waals surface area contributed by atoms with Crippen molar-refractivity contribution in [2.75, 3.05) is 13.2 Å². The number of carbonyl (C=O) groups excluding carboxylic acids is 4. The van der Waals surface area contributed by atoms with Crippen LogP contribution in [0.25, 0.3) is 0 Å². The van der Waals surface area contributed by atoms with Crippen molar-refractivity contribution < 1.29 is 29.4 Å². The van der Waals surface area contributed by atoms with Crippen LogP contribution < -0.4 is 10.6 Å². The molecule has 3 aliphatic heterocycles. The lowest BCUT2D eigenvalue weighted by atomic mass is 9.71. The van der Waals surface area contributed by atoms with Crippen molar-refractivity contribution >= 4 is 23.5 Å². The molecule has 9 heteroatoms. The third-order valence-electron chi connectivity index (χ3n) is 9.41. The lowest BCUT2D eigenvalue weighted by molar-refractivity contribution is -0.176. The normalized spacial score (nSPS) is 29.5. The molecule has 5 aliphatic rings. The summed E-state index contributed by atoms with van der Waals surface area (Å²) in [5.41, 5.74) is -1.17. The second kappa shape index (κ2) is 11.1. The average Bonchev–Trinajstić information content (AvgIpc) is 3.64. The van der Waals surface area contributed by atoms with Crippen LogP contribution in [0.2, 0.25) is 0 Å². The third kappa shape index (κ3) is 4.86. The SMILES string of the molecule is O=C1NCC[C@@H]1C[C@@H](NC(=O)[C@H]1C2CCC(CC2)N1C(=O)[C@](O)(c1ccccc1)C1CCCC1)C(=O)CO. The molecule has 0 aromatic heterocycles. The fourth-order valence-corrected chi connectivity index (χ4v) is 7.34. The number of nitrogens with one attached hydrogen (secondary N) is 2. The van der Waals surface area contributed by atoms with E-state index in [9.17, 15) is 29.4 Å². The van der Waals surface area contributed by atoms with Gasteiger partial charge in [-0.05, 0) is 62.8 Å². The summed E-state index contributed by atoms with van der Waals surface area (Å²) in [4.78, 5) is 54.7. The number of benzene rings is 1. The number of Topliss-reactive ketones (excluding diaryl/α,β-unsaturated/α-hetero) is 1. The summed E-state index contributed by atoms with van der Waals surface area (Å²) in [5.74, 6) is -2.30. The summed E-state index contributed by atoms with van der Waals surface area (Å²) in [6.45, 7) is -0.223. The second-order valence-electron chi connectivity index (χ2n) is 11.5. The van der Waals surface area contributed by atoms with Crippen LogP contribution >= 0.6 is 0 Å². The maximum absolute atomic E-state index is 14.4. The first-order chi connectivity index (χ1) is 18.3. The number of aliphatic hydroxyl groups excluding tert-OH is 1. The minimum Gasteiger partial charge on any atom is -0.389 e. The van der Waals surface area contributed by atoms with Crippen LogP contribution in [-0.4, -0.2) is 69.9 Å². The van der Waals surface area contributed by atoms with E-state index in [0.717, 1.165) is 51.4 Å². The molecular formula is C29H39N3O6. The smallest absolute Gasteiger partial charge is 0.260 e. The first kappa shape index (κ1) is 26.8. The van der Waals surface area contributed by atoms with Crippen molar-refractivity contribution in [1.29, 1.82) is 0 Å². The minimum absolute atomic E-state index is 0.0767. The lowest BCUT2D eigenvalue weighted by Gasteiger charge is -2.53. The maximum Gasteiger partial charge on any atom is 0.260 e. The Morgan fingerprint density at radius 3 is 2.32 bits per heavy atom. The van der Waals surface area contributed by atoms with Crippen molar-refractivity contribution in [1.82, 2.24) is 15.5 Å². The van der Waals surface area contributed by atoms with Gasteiger partial charge in [-0.15, -0.1) is 0 Å². The van der Waals surface area contributed by atoms with Crippen molar-refractivity contribution in [3.63, 3.8) is 0 Å². The van der Waals surface area contributed by atoms with Crippen LogP contribution in [0.3, 0.4) is 0 Å². The lowest BCUT2D eigenvalue weighted by Crippen LogP contribution is -2.67. The number of nitrogens with zero attached hydrogens (tertiary/aromatic N) is 1. The highest BCUT2D eigenvalue weighted by atomic mass is 16.3. The molecule has 0 radical (unpaired) electrons. The average molecular weight is 526 g/mol. The number of rotatable bonds is 9. The van der Waals surface area contributed by atoms with E-state index in [2.05, 4.69) is 10.6 Å². The fraction of sp³-hybridized carbons (Fsp3) is 0.655. The number of piperidine rings is 2. The van der Waals surface area contributed by atoms with Gasteiger partial charge in [-0.3, -0.25) is 19.2 Å².